The number of rotatable bonds is 1. The zero-order valence-electron chi connectivity index (χ0n) is 12.6. The molecule has 0 atom stereocenters. The molecule has 6 heteroatoms. The van der Waals surface area contributed by atoms with Crippen molar-refractivity contribution in [3.8, 4) is 0 Å². The fraction of sp³-hybridized carbons (Fsp3) is 0.467. The Kier molecular flexibility index (Phi) is 5.09. The van der Waals surface area contributed by atoms with Crippen LogP contribution < -0.4 is 29.6 Å². The summed E-state index contributed by atoms with van der Waals surface area (Å²) in [6.45, 7) is 2.12. The van der Waals surface area contributed by atoms with Crippen LogP contribution in [0.3, 0.4) is 0 Å². The second-order valence-corrected chi connectivity index (χ2v) is 5.55. The minimum absolute atomic E-state index is 0. The van der Waals surface area contributed by atoms with Gasteiger partial charge in [0.05, 0.1) is 11.7 Å². The molecule has 106 valence electrons. The van der Waals surface area contributed by atoms with E-state index in [1.165, 1.54) is 43.0 Å². The van der Waals surface area contributed by atoms with Gasteiger partial charge in [0.15, 0.2) is 0 Å². The zero-order chi connectivity index (χ0) is 12.8. The third-order valence-electron chi connectivity index (χ3n) is 4.35. The molecule has 1 aliphatic rings. The first-order valence-corrected chi connectivity index (χ1v) is 7.15. The van der Waals surface area contributed by atoms with Gasteiger partial charge < -0.3 is 15.0 Å². The van der Waals surface area contributed by atoms with Gasteiger partial charge in [-0.3, -0.25) is 0 Å². The second kappa shape index (κ2) is 6.48. The van der Waals surface area contributed by atoms with Crippen LogP contribution in [0.15, 0.2) is 18.5 Å². The van der Waals surface area contributed by atoms with Gasteiger partial charge in [0.25, 0.3) is 0 Å². The molecule has 0 radical (unpaired) electrons. The average molecular weight is 294 g/mol. The third kappa shape index (κ3) is 2.63. The SMILES string of the molecule is Cc1nc2cnc3[nH]ccc3c2n1C1CCCCC1.[Na+].[OH-]. The molecule has 1 saturated carbocycles. The Hall–Kier alpha value is -0.880. The summed E-state index contributed by atoms with van der Waals surface area (Å²) < 4.78 is 2.45. The van der Waals surface area contributed by atoms with Crippen molar-refractivity contribution in [2.45, 2.75) is 45.1 Å². The molecule has 0 aromatic carbocycles. The summed E-state index contributed by atoms with van der Waals surface area (Å²) in [6.07, 6.45) is 10.5. The first-order valence-electron chi connectivity index (χ1n) is 7.15. The van der Waals surface area contributed by atoms with E-state index in [4.69, 9.17) is 4.98 Å². The molecule has 0 bridgehead atoms. The van der Waals surface area contributed by atoms with E-state index in [2.05, 4.69) is 27.5 Å². The first-order chi connectivity index (χ1) is 9.34. The Labute approximate surface area is 145 Å². The number of H-pyrrole nitrogens is 1. The normalized spacial score (nSPS) is 15.9. The number of aromatic nitrogens is 4. The van der Waals surface area contributed by atoms with E-state index >= 15 is 0 Å². The molecule has 0 unspecified atom stereocenters. The summed E-state index contributed by atoms with van der Waals surface area (Å²) in [7, 11) is 0. The van der Waals surface area contributed by atoms with Crippen LogP contribution in [0.4, 0.5) is 0 Å². The minimum Gasteiger partial charge on any atom is -0.870 e. The Bertz CT molecular complexity index is 743. The number of hydrogen-bond donors (Lipinski definition) is 1. The van der Waals surface area contributed by atoms with Gasteiger partial charge in [-0.1, -0.05) is 19.3 Å². The summed E-state index contributed by atoms with van der Waals surface area (Å²) in [6, 6.07) is 2.73. The van der Waals surface area contributed by atoms with E-state index in [9.17, 15) is 0 Å². The predicted octanol–water partition coefficient (Wildman–Crippen LogP) is 0.553. The number of fused-ring (bicyclic) bond motifs is 3. The summed E-state index contributed by atoms with van der Waals surface area (Å²) in [5, 5.41) is 1.20. The van der Waals surface area contributed by atoms with Gasteiger partial charge in [-0.2, -0.15) is 0 Å². The van der Waals surface area contributed by atoms with Crippen molar-refractivity contribution >= 4 is 22.1 Å². The van der Waals surface area contributed by atoms with Gasteiger partial charge in [-0.15, -0.1) is 0 Å². The second-order valence-electron chi connectivity index (χ2n) is 5.55. The fourth-order valence-corrected chi connectivity index (χ4v) is 3.49. The molecule has 3 aromatic heterocycles. The van der Waals surface area contributed by atoms with Crippen LogP contribution >= 0.6 is 0 Å². The van der Waals surface area contributed by atoms with Gasteiger partial charge >= 0.3 is 29.6 Å². The predicted molar refractivity (Wildman–Crippen MR) is 78.2 cm³/mol. The maximum Gasteiger partial charge on any atom is 1.00 e. The van der Waals surface area contributed by atoms with Crippen LogP contribution in [0, 0.1) is 6.92 Å². The van der Waals surface area contributed by atoms with E-state index in [1.807, 2.05) is 12.4 Å². The molecule has 1 aliphatic carbocycles. The van der Waals surface area contributed by atoms with Crippen LogP contribution in [-0.4, -0.2) is 25.0 Å². The molecular weight excluding hydrogens is 275 g/mol. The molecule has 4 rings (SSSR count). The van der Waals surface area contributed by atoms with Crippen LogP contribution in [0.5, 0.6) is 0 Å². The van der Waals surface area contributed by atoms with Crippen LogP contribution in [0.2, 0.25) is 0 Å². The van der Waals surface area contributed by atoms with Crippen molar-refractivity contribution in [2.75, 3.05) is 0 Å². The van der Waals surface area contributed by atoms with Crippen LogP contribution in [0.25, 0.3) is 22.1 Å². The topological polar surface area (TPSA) is 76.5 Å². The molecule has 0 saturated heterocycles. The van der Waals surface area contributed by atoms with E-state index in [0.717, 1.165) is 17.0 Å². The Morgan fingerprint density at radius 2 is 2.00 bits per heavy atom. The zero-order valence-corrected chi connectivity index (χ0v) is 14.6. The van der Waals surface area contributed by atoms with Crippen molar-refractivity contribution in [1.29, 1.82) is 0 Å². The third-order valence-corrected chi connectivity index (χ3v) is 4.35. The van der Waals surface area contributed by atoms with Crippen molar-refractivity contribution in [2.24, 2.45) is 0 Å². The summed E-state index contributed by atoms with van der Waals surface area (Å²) in [4.78, 5) is 12.3. The molecule has 21 heavy (non-hydrogen) atoms. The van der Waals surface area contributed by atoms with Crippen LogP contribution in [-0.2, 0) is 0 Å². The molecule has 2 N–H and O–H groups in total. The van der Waals surface area contributed by atoms with Gasteiger partial charge in [-0.05, 0) is 25.8 Å². The molecule has 3 heterocycles. The summed E-state index contributed by atoms with van der Waals surface area (Å²) >= 11 is 0. The molecule has 0 amide bonds. The quantitative estimate of drug-likeness (QED) is 0.666. The number of pyridine rings is 1. The smallest absolute Gasteiger partial charge is 0.870 e. The Balaban J connectivity index is 0.000000807. The number of aryl methyl sites for hydroxylation is 1. The number of aromatic amines is 1. The largest absolute Gasteiger partial charge is 1.00 e. The molecule has 0 aliphatic heterocycles. The molecule has 1 fully saturated rings. The number of nitrogens with zero attached hydrogens (tertiary/aromatic N) is 3. The molecular formula is C15H19N4NaO. The van der Waals surface area contributed by atoms with Gasteiger partial charge in [-0.25, -0.2) is 9.97 Å². The summed E-state index contributed by atoms with van der Waals surface area (Å²) in [5.41, 5.74) is 3.25. The van der Waals surface area contributed by atoms with Gasteiger partial charge in [0.1, 0.15) is 17.0 Å². The first kappa shape index (κ1) is 16.5. The monoisotopic (exact) mass is 294 g/mol. The van der Waals surface area contributed by atoms with Gasteiger partial charge in [0.2, 0.25) is 0 Å². The summed E-state index contributed by atoms with van der Waals surface area (Å²) in [5.74, 6) is 1.12. The number of imidazole rings is 1. The Morgan fingerprint density at radius 1 is 1.24 bits per heavy atom. The van der Waals surface area contributed by atoms with Crippen LogP contribution in [0.1, 0.15) is 44.0 Å². The standard InChI is InChI=1S/C15H18N4.Na.H2O/c1-10-18-13-9-17-15-12(7-8-16-15)14(13)19(10)11-5-3-2-4-6-11;;/h7-9,11H,2-6H2,1H3,(H,16,17);;1H2/q;+1;/p-1. The van der Waals surface area contributed by atoms with Crippen molar-refractivity contribution in [3.63, 3.8) is 0 Å². The van der Waals surface area contributed by atoms with E-state index in [-0.39, 0.29) is 35.0 Å². The van der Waals surface area contributed by atoms with Crippen molar-refractivity contribution in [3.05, 3.63) is 24.3 Å². The van der Waals surface area contributed by atoms with E-state index < -0.39 is 0 Å². The maximum absolute atomic E-state index is 4.70. The molecule has 3 aromatic rings. The average Bonchev–Trinajstić information content (AvgIpc) is 3.02. The van der Waals surface area contributed by atoms with Crippen molar-refractivity contribution in [1.82, 2.24) is 19.5 Å². The number of hydrogen-bond acceptors (Lipinski definition) is 3. The number of nitrogens with one attached hydrogen (secondary N) is 1. The Morgan fingerprint density at radius 3 is 2.76 bits per heavy atom. The molecule has 5 nitrogen and oxygen atoms in total. The van der Waals surface area contributed by atoms with Crippen molar-refractivity contribution < 1.29 is 35.0 Å². The van der Waals surface area contributed by atoms with E-state index in [1.54, 1.807) is 0 Å². The van der Waals surface area contributed by atoms with Gasteiger partial charge in [0, 0.05) is 17.6 Å². The minimum atomic E-state index is 0. The molecule has 0 spiro atoms. The maximum atomic E-state index is 4.70. The van der Waals surface area contributed by atoms with E-state index in [0.29, 0.717) is 6.04 Å². The fourth-order valence-electron chi connectivity index (χ4n) is 3.49.